The number of rotatable bonds is 2. The Balaban J connectivity index is 1.52. The molecule has 3 aromatic heterocycles. The normalized spacial score (nSPS) is 13.1. The number of hydrogen-bond donors (Lipinski definition) is 0. The molecule has 0 N–H and O–H groups in total. The molecular formula is C30H13F3N6S2. The van der Waals surface area contributed by atoms with Crippen LogP contribution in [0.3, 0.4) is 0 Å². The topological polar surface area (TPSA) is 98.1 Å². The zero-order valence-electron chi connectivity index (χ0n) is 20.9. The molecule has 0 saturated heterocycles. The SMILES string of the molecule is Cc1ccc(-c2ccc3c(c2)c(=NC#N)c2nc4c(nc23)c(=NC#N)c2cc(-c3ccc(C(F)(F)F)s3)ccc24)s1. The van der Waals surface area contributed by atoms with E-state index in [1.807, 2.05) is 49.6 Å². The Hall–Kier alpha value is -4.97. The van der Waals surface area contributed by atoms with E-state index in [4.69, 9.17) is 9.97 Å². The number of hydrogen-bond acceptors (Lipinski definition) is 8. The summed E-state index contributed by atoms with van der Waals surface area (Å²) in [6, 6.07) is 17.6. The molecule has 0 saturated carbocycles. The molecule has 0 aliphatic carbocycles. The third kappa shape index (κ3) is 3.90. The monoisotopic (exact) mass is 578 g/mol. The van der Waals surface area contributed by atoms with Crippen molar-refractivity contribution in [3.63, 3.8) is 0 Å². The van der Waals surface area contributed by atoms with Gasteiger partial charge in [-0.1, -0.05) is 24.3 Å². The van der Waals surface area contributed by atoms with Gasteiger partial charge in [-0.25, -0.2) is 9.97 Å². The van der Waals surface area contributed by atoms with Crippen molar-refractivity contribution in [1.29, 1.82) is 10.5 Å². The van der Waals surface area contributed by atoms with Crippen LogP contribution in [0.2, 0.25) is 0 Å². The van der Waals surface area contributed by atoms with Crippen LogP contribution < -0.4 is 10.7 Å². The summed E-state index contributed by atoms with van der Waals surface area (Å²) in [5, 5.41) is 22.4. The number of aromatic nitrogens is 2. The van der Waals surface area contributed by atoms with Crippen LogP contribution in [0.5, 0.6) is 0 Å². The summed E-state index contributed by atoms with van der Waals surface area (Å²) in [5.74, 6) is 0. The van der Waals surface area contributed by atoms with E-state index in [1.54, 1.807) is 29.5 Å². The molecule has 0 radical (unpaired) electrons. The summed E-state index contributed by atoms with van der Waals surface area (Å²) >= 11 is 2.31. The Kier molecular flexibility index (Phi) is 5.51. The van der Waals surface area contributed by atoms with Crippen LogP contribution >= 0.6 is 22.7 Å². The number of nitriles is 2. The minimum absolute atomic E-state index is 0.292. The van der Waals surface area contributed by atoms with E-state index >= 15 is 0 Å². The Morgan fingerprint density at radius 3 is 1.61 bits per heavy atom. The molecule has 0 fully saturated rings. The highest BCUT2D eigenvalue weighted by molar-refractivity contribution is 7.15. The van der Waals surface area contributed by atoms with E-state index in [0.29, 0.717) is 65.3 Å². The van der Waals surface area contributed by atoms with E-state index in [0.717, 1.165) is 27.3 Å². The average molecular weight is 579 g/mol. The first-order valence-corrected chi connectivity index (χ1v) is 13.8. The van der Waals surface area contributed by atoms with Crippen molar-refractivity contribution in [2.24, 2.45) is 9.98 Å². The van der Waals surface area contributed by atoms with Crippen molar-refractivity contribution in [2.45, 2.75) is 13.1 Å². The molecule has 0 amide bonds. The molecule has 0 aliphatic heterocycles. The maximum Gasteiger partial charge on any atom is 0.425 e. The van der Waals surface area contributed by atoms with Crippen LogP contribution in [0, 0.1) is 29.8 Å². The third-order valence-corrected chi connectivity index (χ3v) is 9.15. The standard InChI is InChI=1S/C30H13F3N6S2/c1-14-2-7-21(40-14)15-3-5-17-19(10-15)24(36-12-34)28-26(17)38-29-25(37-13-35)20-11-16(4-6-18(20)27(29)39-28)22-8-9-23(41-22)30(31,32)33/h2-11H,1H3. The van der Waals surface area contributed by atoms with Gasteiger partial charge in [-0.3, -0.25) is 0 Å². The molecule has 0 spiro atoms. The Morgan fingerprint density at radius 1 is 0.659 bits per heavy atom. The maximum atomic E-state index is 13.2. The molecule has 0 unspecified atom stereocenters. The lowest BCUT2D eigenvalue weighted by Crippen LogP contribution is -2.03. The predicted molar refractivity (Wildman–Crippen MR) is 153 cm³/mol. The molecule has 0 aliphatic rings. The number of thiophene rings is 2. The fourth-order valence-electron chi connectivity index (χ4n) is 5.16. The smallest absolute Gasteiger partial charge is 0.241 e. The van der Waals surface area contributed by atoms with Crippen molar-refractivity contribution in [2.75, 3.05) is 0 Å². The minimum Gasteiger partial charge on any atom is -0.241 e. The van der Waals surface area contributed by atoms with Crippen molar-refractivity contribution < 1.29 is 13.2 Å². The van der Waals surface area contributed by atoms with Gasteiger partial charge in [-0.05, 0) is 54.4 Å². The van der Waals surface area contributed by atoms with Gasteiger partial charge >= 0.3 is 6.18 Å². The number of alkyl halides is 3. The lowest BCUT2D eigenvalue weighted by Gasteiger charge is -2.01. The molecule has 0 atom stereocenters. The van der Waals surface area contributed by atoms with Crippen LogP contribution in [0.4, 0.5) is 13.2 Å². The fraction of sp³-hybridized carbons (Fsp3) is 0.0667. The Morgan fingerprint density at radius 2 is 1.17 bits per heavy atom. The highest BCUT2D eigenvalue weighted by atomic mass is 32.1. The zero-order chi connectivity index (χ0) is 28.5. The van der Waals surface area contributed by atoms with Crippen molar-refractivity contribution in [3.8, 4) is 33.3 Å². The lowest BCUT2D eigenvalue weighted by molar-refractivity contribution is -0.134. The van der Waals surface area contributed by atoms with Gasteiger partial charge in [0.15, 0.2) is 0 Å². The van der Waals surface area contributed by atoms with E-state index in [1.165, 1.54) is 10.9 Å². The first-order valence-electron chi connectivity index (χ1n) is 12.2. The van der Waals surface area contributed by atoms with Crippen LogP contribution in [0.25, 0.3) is 64.5 Å². The number of fused-ring (bicyclic) bond motifs is 6. The molecule has 7 rings (SSSR count). The van der Waals surface area contributed by atoms with E-state index in [2.05, 4.69) is 9.98 Å². The average Bonchev–Trinajstić information content (AvgIpc) is 3.73. The first kappa shape index (κ1) is 25.0. The molecule has 196 valence electrons. The predicted octanol–water partition coefficient (Wildman–Crippen LogP) is 7.51. The molecular weight excluding hydrogens is 566 g/mol. The number of halogens is 3. The van der Waals surface area contributed by atoms with Crippen LogP contribution in [-0.2, 0) is 6.18 Å². The van der Waals surface area contributed by atoms with E-state index < -0.39 is 11.1 Å². The summed E-state index contributed by atoms with van der Waals surface area (Å²) in [4.78, 5) is 19.9. The van der Waals surface area contributed by atoms with Crippen molar-refractivity contribution in [1.82, 2.24) is 9.97 Å². The van der Waals surface area contributed by atoms with Crippen LogP contribution in [-0.4, -0.2) is 9.97 Å². The summed E-state index contributed by atoms with van der Waals surface area (Å²) in [7, 11) is 0. The number of benzene rings is 2. The van der Waals surface area contributed by atoms with Gasteiger partial charge in [0.1, 0.15) is 26.6 Å². The largest absolute Gasteiger partial charge is 0.425 e. The Bertz CT molecular complexity index is 2410. The first-order chi connectivity index (χ1) is 19.8. The van der Waals surface area contributed by atoms with Gasteiger partial charge in [-0.2, -0.15) is 33.7 Å². The molecule has 41 heavy (non-hydrogen) atoms. The van der Waals surface area contributed by atoms with E-state index in [-0.39, 0.29) is 0 Å². The molecule has 7 aromatic rings. The minimum atomic E-state index is -4.43. The maximum absolute atomic E-state index is 13.2. The quantitative estimate of drug-likeness (QED) is 0.198. The van der Waals surface area contributed by atoms with Gasteiger partial charge in [0.05, 0.1) is 11.0 Å². The fourth-order valence-corrected chi connectivity index (χ4v) is 6.89. The highest BCUT2D eigenvalue weighted by Crippen LogP contribution is 2.39. The highest BCUT2D eigenvalue weighted by Gasteiger charge is 2.32. The zero-order valence-corrected chi connectivity index (χ0v) is 22.5. The summed E-state index contributed by atoms with van der Waals surface area (Å²) in [6.45, 7) is 2.04. The van der Waals surface area contributed by atoms with Gasteiger partial charge in [0.25, 0.3) is 0 Å². The van der Waals surface area contributed by atoms with E-state index in [9.17, 15) is 23.7 Å². The van der Waals surface area contributed by atoms with Crippen LogP contribution in [0.1, 0.15) is 9.75 Å². The second-order valence-corrected chi connectivity index (χ2v) is 11.7. The molecule has 6 nitrogen and oxygen atoms in total. The van der Waals surface area contributed by atoms with Gasteiger partial charge < -0.3 is 0 Å². The molecule has 0 bridgehead atoms. The second kappa shape index (κ2) is 9.03. The van der Waals surface area contributed by atoms with Gasteiger partial charge in [0.2, 0.25) is 12.4 Å². The van der Waals surface area contributed by atoms with Crippen molar-refractivity contribution >= 4 is 66.3 Å². The second-order valence-electron chi connectivity index (χ2n) is 9.33. The molecule has 3 heterocycles. The Labute approximate surface area is 237 Å². The summed E-state index contributed by atoms with van der Waals surface area (Å²) in [6.07, 6.45) is -0.718. The molecule has 4 aromatic carbocycles. The summed E-state index contributed by atoms with van der Waals surface area (Å²) < 4.78 is 39.6. The third-order valence-electron chi connectivity index (χ3n) is 6.92. The number of nitrogens with zero attached hydrogens (tertiary/aromatic N) is 6. The van der Waals surface area contributed by atoms with Gasteiger partial charge in [0, 0.05) is 36.2 Å². The molecule has 11 heteroatoms. The summed E-state index contributed by atoms with van der Waals surface area (Å²) in [5.41, 5.74) is 3.37. The van der Waals surface area contributed by atoms with Crippen molar-refractivity contribution in [3.05, 3.63) is 81.1 Å². The van der Waals surface area contributed by atoms with Gasteiger partial charge in [-0.15, -0.1) is 22.7 Å². The van der Waals surface area contributed by atoms with Crippen LogP contribution in [0.15, 0.2) is 70.6 Å². The lowest BCUT2D eigenvalue weighted by atomic mass is 10.1. The number of aryl methyl sites for hydroxylation is 1.